The number of halogens is 3. The van der Waals surface area contributed by atoms with Crippen molar-refractivity contribution in [2.45, 2.75) is 36.9 Å². The lowest BCUT2D eigenvalue weighted by Gasteiger charge is -2.70. The molecule has 164 valence electrons. The van der Waals surface area contributed by atoms with Gasteiger partial charge in [0.2, 0.25) is 5.91 Å². The first-order chi connectivity index (χ1) is 14.8. The summed E-state index contributed by atoms with van der Waals surface area (Å²) in [6, 6.07) is 12.1. The van der Waals surface area contributed by atoms with E-state index in [1.54, 1.807) is 30.3 Å². The average molecular weight is 484 g/mol. The Bertz CT molecular complexity index is 977. The fraction of sp³-hybridized carbons (Fsp3) is 0.364. The average Bonchev–Trinajstić information content (AvgIpc) is 2.68. The highest BCUT2D eigenvalue weighted by Gasteiger charge is 2.69. The molecule has 0 radical (unpaired) electrons. The molecule has 2 aromatic rings. The number of carbonyl (C=O) groups is 2. The maximum atomic E-state index is 12.2. The first-order valence-electron chi connectivity index (χ1n) is 9.79. The molecule has 2 N–H and O–H groups in total. The summed E-state index contributed by atoms with van der Waals surface area (Å²) in [5.74, 6) is 0.109. The van der Waals surface area contributed by atoms with Gasteiger partial charge in [-0.15, -0.1) is 0 Å². The van der Waals surface area contributed by atoms with Gasteiger partial charge in [0.25, 0.3) is 5.91 Å². The van der Waals surface area contributed by atoms with Gasteiger partial charge in [0.15, 0.2) is 6.61 Å². The molecular weight excluding hydrogens is 463 g/mol. The first-order valence-corrected chi connectivity index (χ1v) is 10.9. The number of hydrogen-bond donors (Lipinski definition) is 2. The molecule has 0 aliphatic heterocycles. The molecule has 0 aromatic heterocycles. The summed E-state index contributed by atoms with van der Waals surface area (Å²) < 4.78 is 10.9. The Morgan fingerprint density at radius 2 is 1.45 bits per heavy atom. The van der Waals surface area contributed by atoms with Gasteiger partial charge in [-0.3, -0.25) is 9.59 Å². The second kappa shape index (κ2) is 8.87. The van der Waals surface area contributed by atoms with Gasteiger partial charge in [-0.05, 0) is 49.1 Å². The minimum atomic E-state index is -0.254. The van der Waals surface area contributed by atoms with Gasteiger partial charge in [0, 0.05) is 22.2 Å². The van der Waals surface area contributed by atoms with Crippen LogP contribution in [0.25, 0.3) is 0 Å². The van der Waals surface area contributed by atoms with E-state index in [0.29, 0.717) is 46.7 Å². The van der Waals surface area contributed by atoms with Crippen LogP contribution in [0.4, 0.5) is 0 Å². The van der Waals surface area contributed by atoms with Gasteiger partial charge in [0.05, 0.1) is 16.7 Å². The Morgan fingerprint density at radius 1 is 0.839 bits per heavy atom. The molecule has 0 heterocycles. The van der Waals surface area contributed by atoms with Crippen molar-refractivity contribution in [1.82, 2.24) is 10.6 Å². The SMILES string of the molecule is O=C(COCc1ccc(Cl)cc1)NC12CC(NC(=O)COc3ccc(Cl)c(Cl)c3)(C1)C2. The van der Waals surface area contributed by atoms with E-state index in [9.17, 15) is 9.59 Å². The summed E-state index contributed by atoms with van der Waals surface area (Å²) in [5.41, 5.74) is 0.459. The third-order valence-electron chi connectivity index (χ3n) is 5.52. The molecule has 2 amide bonds. The predicted molar refractivity (Wildman–Crippen MR) is 119 cm³/mol. The monoisotopic (exact) mass is 482 g/mol. The molecule has 6 nitrogen and oxygen atoms in total. The summed E-state index contributed by atoms with van der Waals surface area (Å²) in [6.07, 6.45) is 2.13. The minimum Gasteiger partial charge on any atom is -0.484 e. The minimum absolute atomic E-state index is 0.0127. The van der Waals surface area contributed by atoms with Crippen LogP contribution < -0.4 is 15.4 Å². The largest absolute Gasteiger partial charge is 0.484 e. The molecule has 9 heteroatoms. The van der Waals surface area contributed by atoms with Crippen LogP contribution in [0.2, 0.25) is 15.1 Å². The molecule has 3 fully saturated rings. The van der Waals surface area contributed by atoms with Crippen LogP contribution in [0.5, 0.6) is 5.75 Å². The highest BCUT2D eigenvalue weighted by molar-refractivity contribution is 6.42. The summed E-state index contributed by atoms with van der Waals surface area (Å²) in [6.45, 7) is 0.218. The number of hydrogen-bond acceptors (Lipinski definition) is 4. The van der Waals surface area contributed by atoms with Crippen LogP contribution in [0.15, 0.2) is 42.5 Å². The van der Waals surface area contributed by atoms with Gasteiger partial charge in [-0.1, -0.05) is 46.9 Å². The maximum absolute atomic E-state index is 12.2. The quantitative estimate of drug-likeness (QED) is 0.562. The number of nitrogens with one attached hydrogen (secondary N) is 2. The van der Waals surface area contributed by atoms with Crippen molar-refractivity contribution in [3.8, 4) is 5.75 Å². The fourth-order valence-electron chi connectivity index (χ4n) is 4.27. The molecule has 0 atom stereocenters. The van der Waals surface area contributed by atoms with Gasteiger partial charge < -0.3 is 20.1 Å². The second-order valence-electron chi connectivity index (χ2n) is 8.17. The molecule has 2 aromatic carbocycles. The second-order valence-corrected chi connectivity index (χ2v) is 9.42. The van der Waals surface area contributed by atoms with Gasteiger partial charge in [0.1, 0.15) is 12.4 Å². The number of carbonyl (C=O) groups excluding carboxylic acids is 2. The van der Waals surface area contributed by atoms with Crippen molar-refractivity contribution in [2.24, 2.45) is 0 Å². The van der Waals surface area contributed by atoms with E-state index in [1.165, 1.54) is 0 Å². The Labute approximate surface area is 195 Å². The van der Waals surface area contributed by atoms with Crippen molar-refractivity contribution in [1.29, 1.82) is 0 Å². The molecule has 3 aliphatic carbocycles. The Hall–Kier alpha value is -1.99. The molecule has 3 saturated carbocycles. The highest BCUT2D eigenvalue weighted by atomic mass is 35.5. The molecule has 3 aliphatic rings. The van der Waals surface area contributed by atoms with Gasteiger partial charge in [-0.25, -0.2) is 0 Å². The normalized spacial score (nSPS) is 23.3. The van der Waals surface area contributed by atoms with Gasteiger partial charge in [-0.2, -0.15) is 0 Å². The van der Waals surface area contributed by atoms with Crippen molar-refractivity contribution in [3.63, 3.8) is 0 Å². The zero-order valence-electron chi connectivity index (χ0n) is 16.6. The topological polar surface area (TPSA) is 76.7 Å². The predicted octanol–water partition coefficient (Wildman–Crippen LogP) is 4.15. The molecule has 0 saturated heterocycles. The van der Waals surface area contributed by atoms with Crippen LogP contribution in [-0.2, 0) is 20.9 Å². The fourth-order valence-corrected chi connectivity index (χ4v) is 4.69. The zero-order valence-corrected chi connectivity index (χ0v) is 18.8. The van der Waals surface area contributed by atoms with Crippen LogP contribution in [-0.4, -0.2) is 36.1 Å². The molecule has 2 bridgehead atoms. The standard InChI is InChI=1S/C22H21Cl3N2O4/c23-15-3-1-14(2-4-15)8-30-9-19(28)26-21-11-22(12-21,13-21)27-20(29)10-31-16-5-6-17(24)18(25)7-16/h1-7H,8-13H2,(H,26,28)(H,27,29). The lowest BCUT2D eigenvalue weighted by molar-refractivity contribution is -0.152. The zero-order chi connectivity index (χ0) is 22.1. The lowest BCUT2D eigenvalue weighted by atomic mass is 9.44. The summed E-state index contributed by atoms with van der Waals surface area (Å²) in [7, 11) is 0. The summed E-state index contributed by atoms with van der Waals surface area (Å²) >= 11 is 17.6. The van der Waals surface area contributed by atoms with E-state index in [0.717, 1.165) is 5.56 Å². The maximum Gasteiger partial charge on any atom is 0.258 e. The molecule has 31 heavy (non-hydrogen) atoms. The van der Waals surface area contributed by atoms with E-state index >= 15 is 0 Å². The number of benzene rings is 2. The van der Waals surface area contributed by atoms with E-state index in [4.69, 9.17) is 44.3 Å². The number of rotatable bonds is 9. The molecular formula is C22H21Cl3N2O4. The number of amides is 2. The Balaban J connectivity index is 1.14. The lowest BCUT2D eigenvalue weighted by Crippen LogP contribution is -2.84. The summed E-state index contributed by atoms with van der Waals surface area (Å²) in [4.78, 5) is 24.4. The van der Waals surface area contributed by atoms with Crippen LogP contribution >= 0.6 is 34.8 Å². The van der Waals surface area contributed by atoms with E-state index in [2.05, 4.69) is 10.6 Å². The van der Waals surface area contributed by atoms with Crippen molar-refractivity contribution < 1.29 is 19.1 Å². The van der Waals surface area contributed by atoms with Crippen molar-refractivity contribution in [2.75, 3.05) is 13.2 Å². The Kier molecular flexibility index (Phi) is 6.35. The van der Waals surface area contributed by atoms with Crippen molar-refractivity contribution in [3.05, 3.63) is 63.1 Å². The van der Waals surface area contributed by atoms with Crippen LogP contribution in [0.1, 0.15) is 24.8 Å². The van der Waals surface area contributed by atoms with E-state index in [-0.39, 0.29) is 36.1 Å². The first kappa shape index (κ1) is 22.2. The van der Waals surface area contributed by atoms with Crippen molar-refractivity contribution >= 4 is 46.6 Å². The molecule has 0 spiro atoms. The summed E-state index contributed by atoms with van der Waals surface area (Å²) in [5, 5.41) is 7.49. The van der Waals surface area contributed by atoms with Gasteiger partial charge >= 0.3 is 0 Å². The van der Waals surface area contributed by atoms with E-state index < -0.39 is 0 Å². The molecule has 0 unspecified atom stereocenters. The van der Waals surface area contributed by atoms with Crippen LogP contribution in [0.3, 0.4) is 0 Å². The Morgan fingerprint density at radius 3 is 2.06 bits per heavy atom. The highest BCUT2D eigenvalue weighted by Crippen LogP contribution is 2.60. The smallest absolute Gasteiger partial charge is 0.258 e. The molecule has 5 rings (SSSR count). The third-order valence-corrected chi connectivity index (χ3v) is 6.51. The van der Waals surface area contributed by atoms with E-state index in [1.807, 2.05) is 12.1 Å². The van der Waals surface area contributed by atoms with Crippen LogP contribution in [0, 0.1) is 0 Å². The number of ether oxygens (including phenoxy) is 2. The third kappa shape index (κ3) is 5.26.